The molecule has 0 spiro atoms. The Kier molecular flexibility index (Phi) is 12.4. The number of rotatable bonds is 14. The Bertz CT molecular complexity index is 1270. The number of hydrogen-bond donors (Lipinski definition) is 2. The minimum Gasteiger partial charge on any atom is -0.480 e. The number of fused-ring (bicyclic) bond motifs is 2. The molecule has 0 saturated heterocycles. The van der Waals surface area contributed by atoms with Gasteiger partial charge >= 0.3 is 11.9 Å². The van der Waals surface area contributed by atoms with E-state index >= 15 is 0 Å². The van der Waals surface area contributed by atoms with Crippen LogP contribution in [-0.2, 0) is 19.1 Å². The van der Waals surface area contributed by atoms with Gasteiger partial charge in [0.25, 0.3) is 11.8 Å². The molecule has 2 aliphatic heterocycles. The van der Waals surface area contributed by atoms with Gasteiger partial charge in [0.15, 0.2) is 0 Å². The van der Waals surface area contributed by atoms with Crippen LogP contribution in [0, 0.1) is 0 Å². The molecule has 0 unspecified atom stereocenters. The van der Waals surface area contributed by atoms with Crippen LogP contribution in [0.1, 0.15) is 66.2 Å². The summed E-state index contributed by atoms with van der Waals surface area (Å²) in [7, 11) is 0. The van der Waals surface area contributed by atoms with Crippen molar-refractivity contribution < 1.29 is 33.8 Å². The van der Waals surface area contributed by atoms with Crippen LogP contribution < -0.4 is 10.2 Å². The van der Waals surface area contributed by atoms with E-state index in [2.05, 4.69) is 5.32 Å². The molecule has 3 amide bonds. The molecular weight excluding hydrogens is 582 g/mol. The van der Waals surface area contributed by atoms with Crippen LogP contribution in [0.4, 0.5) is 5.69 Å². The molecule has 0 fully saturated rings. The van der Waals surface area contributed by atoms with Crippen LogP contribution in [0.3, 0.4) is 0 Å². The zero-order chi connectivity index (χ0) is 29.4. The summed E-state index contributed by atoms with van der Waals surface area (Å²) in [4.78, 5) is 66.1. The Morgan fingerprint density at radius 1 is 0.952 bits per heavy atom. The molecule has 2 aromatic carbocycles. The Morgan fingerprint density at radius 2 is 1.57 bits per heavy atom. The number of benzene rings is 2. The smallest absolute Gasteiger partial charge is 0.323 e. The molecule has 2 aromatic rings. The van der Waals surface area contributed by atoms with Gasteiger partial charge in [0.05, 0.1) is 29.5 Å². The van der Waals surface area contributed by atoms with Gasteiger partial charge in [-0.25, -0.2) is 0 Å². The number of para-hydroxylation sites is 1. The lowest BCUT2D eigenvalue weighted by Crippen LogP contribution is -2.54. The average Bonchev–Trinajstić information content (AvgIpc) is 3.12. The van der Waals surface area contributed by atoms with Crippen molar-refractivity contribution in [3.05, 3.63) is 59.7 Å². The number of carboxylic acids is 1. The highest BCUT2D eigenvalue weighted by Gasteiger charge is 2.36. The number of nitrogens with one attached hydrogen (secondary N) is 1. The molecule has 42 heavy (non-hydrogen) atoms. The van der Waals surface area contributed by atoms with Crippen LogP contribution in [0.15, 0.2) is 53.4 Å². The first-order valence-electron chi connectivity index (χ1n) is 13.9. The van der Waals surface area contributed by atoms with Gasteiger partial charge in [-0.3, -0.25) is 39.1 Å². The molecule has 226 valence electrons. The number of hydrogen-bond acceptors (Lipinski definition) is 8. The maximum absolute atomic E-state index is 13.4. The molecule has 2 heterocycles. The number of ether oxygens (including phenoxy) is 1. The van der Waals surface area contributed by atoms with E-state index in [1.54, 1.807) is 43.3 Å². The number of nitrogens with zero attached hydrogens (tertiary/aromatic N) is 2. The Balaban J connectivity index is 0.00000484. The number of thioether (sulfide) groups is 1. The fourth-order valence-corrected chi connectivity index (χ4v) is 6.20. The number of unbranched alkanes of at least 4 members (excludes halogenated alkanes) is 4. The van der Waals surface area contributed by atoms with Gasteiger partial charge in [-0.1, -0.05) is 49.9 Å². The number of anilines is 1. The molecule has 0 bridgehead atoms. The van der Waals surface area contributed by atoms with E-state index in [1.807, 2.05) is 12.1 Å². The van der Waals surface area contributed by atoms with Crippen molar-refractivity contribution in [3.63, 3.8) is 0 Å². The van der Waals surface area contributed by atoms with Gasteiger partial charge in [0.1, 0.15) is 12.6 Å². The van der Waals surface area contributed by atoms with Crippen LogP contribution in [0.2, 0.25) is 0 Å². The normalized spacial score (nSPS) is 16.8. The lowest BCUT2D eigenvalue weighted by Gasteiger charge is -2.27. The Labute approximate surface area is 255 Å². The second-order valence-corrected chi connectivity index (χ2v) is 11.0. The van der Waals surface area contributed by atoms with Crippen LogP contribution >= 0.6 is 24.2 Å². The molecule has 10 nitrogen and oxygen atoms in total. The monoisotopic (exact) mass is 617 g/mol. The van der Waals surface area contributed by atoms with Gasteiger partial charge in [-0.05, 0) is 44.0 Å². The van der Waals surface area contributed by atoms with E-state index < -0.39 is 36.5 Å². The minimum atomic E-state index is -1.12. The zero-order valence-corrected chi connectivity index (χ0v) is 25.1. The van der Waals surface area contributed by atoms with Gasteiger partial charge < -0.3 is 9.84 Å². The number of amides is 3. The Morgan fingerprint density at radius 3 is 2.24 bits per heavy atom. The maximum atomic E-state index is 13.4. The molecule has 12 heteroatoms. The number of esters is 1. The third-order valence-corrected chi connectivity index (χ3v) is 8.30. The van der Waals surface area contributed by atoms with Gasteiger partial charge in [-0.15, -0.1) is 24.2 Å². The van der Waals surface area contributed by atoms with E-state index in [4.69, 9.17) is 4.74 Å². The van der Waals surface area contributed by atoms with Crippen molar-refractivity contribution >= 4 is 59.5 Å². The predicted octanol–water partition coefficient (Wildman–Crippen LogP) is 4.16. The fourth-order valence-electron chi connectivity index (χ4n) is 5.12. The van der Waals surface area contributed by atoms with Gasteiger partial charge in [0, 0.05) is 17.2 Å². The van der Waals surface area contributed by atoms with Crippen molar-refractivity contribution in [1.29, 1.82) is 0 Å². The SMILES string of the molecule is CCOC(=O)[C@H](CCCCCCCN1C(=O)c2ccccc2C1=O)N[C@H]1CSc2ccccc2N(CC(=O)O)C1=O.Cl. The van der Waals surface area contributed by atoms with Crippen LogP contribution in [0.25, 0.3) is 0 Å². The number of carbonyl (C=O) groups is 5. The highest BCUT2D eigenvalue weighted by molar-refractivity contribution is 7.99. The summed E-state index contributed by atoms with van der Waals surface area (Å²) in [6.07, 6.45) is 4.36. The molecule has 0 aromatic heterocycles. The number of halogens is 1. The number of aliphatic carboxylic acids is 1. The molecule has 2 aliphatic rings. The predicted molar refractivity (Wildman–Crippen MR) is 161 cm³/mol. The average molecular weight is 618 g/mol. The van der Waals surface area contributed by atoms with Crippen molar-refractivity contribution in [2.45, 2.75) is 62.4 Å². The Hall–Kier alpha value is -3.41. The second-order valence-electron chi connectivity index (χ2n) is 9.98. The quantitative estimate of drug-likeness (QED) is 0.182. The van der Waals surface area contributed by atoms with E-state index in [0.717, 1.165) is 24.2 Å². The first-order chi connectivity index (χ1) is 19.8. The lowest BCUT2D eigenvalue weighted by molar-refractivity contribution is -0.146. The third kappa shape index (κ3) is 7.90. The maximum Gasteiger partial charge on any atom is 0.323 e. The topological polar surface area (TPSA) is 133 Å². The molecule has 0 radical (unpaired) electrons. The first-order valence-corrected chi connectivity index (χ1v) is 14.9. The van der Waals surface area contributed by atoms with Crippen molar-refractivity contribution in [2.75, 3.05) is 30.3 Å². The van der Waals surface area contributed by atoms with Crippen molar-refractivity contribution in [3.8, 4) is 0 Å². The third-order valence-electron chi connectivity index (χ3n) is 7.15. The summed E-state index contributed by atoms with van der Waals surface area (Å²) < 4.78 is 5.27. The summed E-state index contributed by atoms with van der Waals surface area (Å²) in [5.74, 6) is -2.10. The van der Waals surface area contributed by atoms with Crippen LogP contribution in [-0.4, -0.2) is 77.2 Å². The van der Waals surface area contributed by atoms with Crippen molar-refractivity contribution in [1.82, 2.24) is 10.2 Å². The van der Waals surface area contributed by atoms with E-state index in [9.17, 15) is 29.1 Å². The van der Waals surface area contributed by atoms with Gasteiger partial charge in [-0.2, -0.15) is 0 Å². The summed E-state index contributed by atoms with van der Waals surface area (Å²) in [6, 6.07) is 12.5. The van der Waals surface area contributed by atoms with E-state index in [1.165, 1.54) is 21.6 Å². The lowest BCUT2D eigenvalue weighted by atomic mass is 10.0. The highest BCUT2D eigenvalue weighted by Crippen LogP contribution is 2.34. The largest absolute Gasteiger partial charge is 0.480 e. The fraction of sp³-hybridized carbons (Fsp3) is 0.433. The second kappa shape index (κ2) is 15.7. The van der Waals surface area contributed by atoms with Crippen molar-refractivity contribution in [2.24, 2.45) is 0 Å². The summed E-state index contributed by atoms with van der Waals surface area (Å²) >= 11 is 1.44. The van der Waals surface area contributed by atoms with E-state index in [-0.39, 0.29) is 30.8 Å². The molecular formula is C30H36ClN3O7S. The molecule has 2 N–H and O–H groups in total. The number of imide groups is 1. The first kappa shape index (κ1) is 33.1. The zero-order valence-electron chi connectivity index (χ0n) is 23.5. The van der Waals surface area contributed by atoms with Gasteiger partial charge in [0.2, 0.25) is 5.91 Å². The van der Waals surface area contributed by atoms with E-state index in [0.29, 0.717) is 48.4 Å². The minimum absolute atomic E-state index is 0. The molecule has 0 saturated carbocycles. The summed E-state index contributed by atoms with van der Waals surface area (Å²) in [6.45, 7) is 1.83. The standard InChI is InChI=1S/C30H35N3O7S.ClH/c1-2-40-30(39)22(31-23-19-41-25-16-10-9-15-24(25)33(29(23)38)18-26(34)35)14-6-4-3-5-11-17-32-27(36)20-12-7-8-13-21(20)28(32)37;/h7-10,12-13,15-16,22-23,31H,2-6,11,14,17-19H2,1H3,(H,34,35);1H/t22-,23-;/m0./s1. The molecule has 0 aliphatic carbocycles. The van der Waals surface area contributed by atoms with Crippen LogP contribution in [0.5, 0.6) is 0 Å². The highest BCUT2D eigenvalue weighted by atomic mass is 35.5. The summed E-state index contributed by atoms with van der Waals surface area (Å²) in [5, 5.41) is 12.6. The molecule has 2 atom stereocenters. The molecule has 4 rings (SSSR count). The summed E-state index contributed by atoms with van der Waals surface area (Å²) in [5.41, 5.74) is 1.45. The number of carbonyl (C=O) groups excluding carboxylic acids is 4. The number of carboxylic acid groups (broad SMARTS) is 1.